The van der Waals surface area contributed by atoms with Gasteiger partial charge in [-0.1, -0.05) is 26.0 Å². The van der Waals surface area contributed by atoms with Gasteiger partial charge in [-0.15, -0.1) is 0 Å². The molecule has 1 aromatic carbocycles. The molecule has 1 aliphatic rings. The van der Waals surface area contributed by atoms with E-state index in [1.165, 1.54) is 17.5 Å². The monoisotopic (exact) mass is 233 g/mol. The van der Waals surface area contributed by atoms with Crippen molar-refractivity contribution in [3.63, 3.8) is 0 Å². The summed E-state index contributed by atoms with van der Waals surface area (Å²) < 4.78 is 5.92. The van der Waals surface area contributed by atoms with Gasteiger partial charge in [-0.25, -0.2) is 0 Å². The summed E-state index contributed by atoms with van der Waals surface area (Å²) in [7, 11) is 2.03. The van der Waals surface area contributed by atoms with E-state index in [1.54, 1.807) is 0 Å². The molecule has 1 N–H and O–H groups in total. The van der Waals surface area contributed by atoms with Crippen molar-refractivity contribution in [1.82, 2.24) is 5.32 Å². The first-order chi connectivity index (χ1) is 8.22. The van der Waals surface area contributed by atoms with E-state index in [9.17, 15) is 0 Å². The number of ether oxygens (including phenoxy) is 1. The molecule has 0 saturated carbocycles. The average molecular weight is 233 g/mol. The van der Waals surface area contributed by atoms with Gasteiger partial charge in [-0.05, 0) is 49.4 Å². The number of rotatable bonds is 5. The summed E-state index contributed by atoms with van der Waals surface area (Å²) in [4.78, 5) is 0. The minimum atomic E-state index is 0.513. The Labute approximate surface area is 104 Å². The molecule has 0 bridgehead atoms. The van der Waals surface area contributed by atoms with Crippen LogP contribution >= 0.6 is 0 Å². The van der Waals surface area contributed by atoms with Crippen LogP contribution in [-0.2, 0) is 6.42 Å². The summed E-state index contributed by atoms with van der Waals surface area (Å²) in [5.74, 6) is 1.80. The second kappa shape index (κ2) is 5.54. The van der Waals surface area contributed by atoms with Gasteiger partial charge >= 0.3 is 0 Å². The Morgan fingerprint density at radius 2 is 2.24 bits per heavy atom. The van der Waals surface area contributed by atoms with Crippen molar-refractivity contribution in [2.75, 3.05) is 13.7 Å². The van der Waals surface area contributed by atoms with Crippen LogP contribution in [0, 0.1) is 5.92 Å². The van der Waals surface area contributed by atoms with Crippen LogP contribution in [0.5, 0.6) is 5.75 Å². The largest absolute Gasteiger partial charge is 0.493 e. The molecule has 1 aliphatic carbocycles. The van der Waals surface area contributed by atoms with Crippen molar-refractivity contribution < 1.29 is 4.74 Å². The molecule has 0 amide bonds. The van der Waals surface area contributed by atoms with Gasteiger partial charge in [0.05, 0.1) is 6.61 Å². The molecule has 17 heavy (non-hydrogen) atoms. The fourth-order valence-corrected chi connectivity index (χ4v) is 2.46. The van der Waals surface area contributed by atoms with Gasteiger partial charge in [-0.3, -0.25) is 0 Å². The van der Waals surface area contributed by atoms with E-state index in [2.05, 4.69) is 37.4 Å². The molecule has 94 valence electrons. The molecule has 0 saturated heterocycles. The first-order valence-electron chi connectivity index (χ1n) is 6.64. The predicted octanol–water partition coefficient (Wildman–Crippen LogP) is 3.32. The zero-order valence-electron chi connectivity index (χ0n) is 11.1. The SMILES string of the molecule is CNC1CCc2c(OCCC(C)C)cccc21. The quantitative estimate of drug-likeness (QED) is 0.842. The summed E-state index contributed by atoms with van der Waals surface area (Å²) in [6.45, 7) is 5.30. The summed E-state index contributed by atoms with van der Waals surface area (Å²) in [5, 5.41) is 3.37. The lowest BCUT2D eigenvalue weighted by molar-refractivity contribution is 0.287. The van der Waals surface area contributed by atoms with E-state index < -0.39 is 0 Å². The smallest absolute Gasteiger partial charge is 0.122 e. The van der Waals surface area contributed by atoms with Crippen LogP contribution < -0.4 is 10.1 Å². The second-order valence-electron chi connectivity index (χ2n) is 5.23. The van der Waals surface area contributed by atoms with E-state index in [1.807, 2.05) is 7.05 Å². The lowest BCUT2D eigenvalue weighted by Crippen LogP contribution is -2.12. The highest BCUT2D eigenvalue weighted by atomic mass is 16.5. The molecule has 0 aromatic heterocycles. The minimum Gasteiger partial charge on any atom is -0.493 e. The standard InChI is InChI=1S/C15H23NO/c1-11(2)9-10-17-15-6-4-5-12-13(15)7-8-14(12)16-3/h4-6,11,14,16H,7-10H2,1-3H3. The maximum absolute atomic E-state index is 5.92. The summed E-state index contributed by atoms with van der Waals surface area (Å²) in [6.07, 6.45) is 3.45. The second-order valence-corrected chi connectivity index (χ2v) is 5.23. The summed E-state index contributed by atoms with van der Waals surface area (Å²) in [6, 6.07) is 6.95. The molecule has 1 unspecified atom stereocenters. The number of hydrogen-bond donors (Lipinski definition) is 1. The van der Waals surface area contributed by atoms with Crippen LogP contribution in [0.15, 0.2) is 18.2 Å². The normalized spacial score (nSPS) is 18.5. The zero-order chi connectivity index (χ0) is 12.3. The topological polar surface area (TPSA) is 21.3 Å². The lowest BCUT2D eigenvalue weighted by Gasteiger charge is -2.13. The number of nitrogens with one attached hydrogen (secondary N) is 1. The van der Waals surface area contributed by atoms with Crippen LogP contribution in [0.1, 0.15) is 43.9 Å². The van der Waals surface area contributed by atoms with Gasteiger partial charge in [-0.2, -0.15) is 0 Å². The maximum Gasteiger partial charge on any atom is 0.122 e. The highest BCUT2D eigenvalue weighted by Crippen LogP contribution is 2.36. The van der Waals surface area contributed by atoms with Gasteiger partial charge in [0.2, 0.25) is 0 Å². The third kappa shape index (κ3) is 2.81. The van der Waals surface area contributed by atoms with Crippen molar-refractivity contribution in [3.8, 4) is 5.75 Å². The molecule has 1 aromatic rings. The first-order valence-corrected chi connectivity index (χ1v) is 6.64. The minimum absolute atomic E-state index is 0.513. The molecule has 2 nitrogen and oxygen atoms in total. The molecule has 0 aliphatic heterocycles. The third-order valence-corrected chi connectivity index (χ3v) is 3.53. The molecule has 0 heterocycles. The highest BCUT2D eigenvalue weighted by Gasteiger charge is 2.23. The lowest BCUT2D eigenvalue weighted by atomic mass is 10.1. The van der Waals surface area contributed by atoms with E-state index in [-0.39, 0.29) is 0 Å². The van der Waals surface area contributed by atoms with Crippen molar-refractivity contribution >= 4 is 0 Å². The number of fused-ring (bicyclic) bond motifs is 1. The third-order valence-electron chi connectivity index (χ3n) is 3.53. The van der Waals surface area contributed by atoms with E-state index in [4.69, 9.17) is 4.74 Å². The Hall–Kier alpha value is -1.02. The Kier molecular flexibility index (Phi) is 4.06. The van der Waals surface area contributed by atoms with Crippen molar-refractivity contribution in [3.05, 3.63) is 29.3 Å². The molecule has 1 atom stereocenters. The maximum atomic E-state index is 5.92. The number of benzene rings is 1. The van der Waals surface area contributed by atoms with Gasteiger partial charge in [0.25, 0.3) is 0 Å². The van der Waals surface area contributed by atoms with Crippen molar-refractivity contribution in [1.29, 1.82) is 0 Å². The van der Waals surface area contributed by atoms with E-state index >= 15 is 0 Å². The predicted molar refractivity (Wildman–Crippen MR) is 71.5 cm³/mol. The Bertz CT molecular complexity index is 373. The van der Waals surface area contributed by atoms with E-state index in [0.29, 0.717) is 12.0 Å². The molecule has 0 radical (unpaired) electrons. The zero-order valence-corrected chi connectivity index (χ0v) is 11.1. The van der Waals surface area contributed by atoms with Crippen LogP contribution in [0.3, 0.4) is 0 Å². The van der Waals surface area contributed by atoms with Crippen molar-refractivity contribution in [2.24, 2.45) is 5.92 Å². The first kappa shape index (κ1) is 12.4. The summed E-state index contributed by atoms with van der Waals surface area (Å²) in [5.41, 5.74) is 2.84. The molecule has 0 spiro atoms. The Morgan fingerprint density at radius 3 is 2.94 bits per heavy atom. The summed E-state index contributed by atoms with van der Waals surface area (Å²) >= 11 is 0. The Balaban J connectivity index is 2.06. The van der Waals surface area contributed by atoms with Crippen molar-refractivity contribution in [2.45, 2.75) is 39.2 Å². The van der Waals surface area contributed by atoms with Crippen LogP contribution in [0.2, 0.25) is 0 Å². The van der Waals surface area contributed by atoms with Crippen LogP contribution in [0.25, 0.3) is 0 Å². The Morgan fingerprint density at radius 1 is 1.41 bits per heavy atom. The van der Waals surface area contributed by atoms with Crippen LogP contribution in [0.4, 0.5) is 0 Å². The van der Waals surface area contributed by atoms with Gasteiger partial charge in [0, 0.05) is 6.04 Å². The molecule has 2 rings (SSSR count). The van der Waals surface area contributed by atoms with Gasteiger partial charge < -0.3 is 10.1 Å². The molecule has 2 heteroatoms. The fourth-order valence-electron chi connectivity index (χ4n) is 2.46. The van der Waals surface area contributed by atoms with Crippen LogP contribution in [-0.4, -0.2) is 13.7 Å². The van der Waals surface area contributed by atoms with Gasteiger partial charge in [0.15, 0.2) is 0 Å². The fraction of sp³-hybridized carbons (Fsp3) is 0.600. The average Bonchev–Trinajstić information content (AvgIpc) is 2.72. The molecule has 0 fully saturated rings. The number of hydrogen-bond acceptors (Lipinski definition) is 2. The molecular formula is C15H23NO. The van der Waals surface area contributed by atoms with E-state index in [0.717, 1.165) is 25.2 Å². The van der Waals surface area contributed by atoms with Gasteiger partial charge in [0.1, 0.15) is 5.75 Å². The highest BCUT2D eigenvalue weighted by molar-refractivity contribution is 5.45. The molecular weight excluding hydrogens is 210 g/mol.